The van der Waals surface area contributed by atoms with Gasteiger partial charge in [-0.3, -0.25) is 4.79 Å². The number of hydrogen-bond donors (Lipinski definition) is 1. The minimum atomic E-state index is -0.0945. The van der Waals surface area contributed by atoms with Crippen LogP contribution in [0.3, 0.4) is 0 Å². The molecular formula is C18H18ClNO. The van der Waals surface area contributed by atoms with Crippen LogP contribution >= 0.6 is 11.6 Å². The third-order valence-electron chi connectivity index (χ3n) is 3.10. The molecule has 2 nitrogen and oxygen atoms in total. The smallest absolute Gasteiger partial charge is 0.244 e. The first kappa shape index (κ1) is 15.3. The van der Waals surface area contributed by atoms with Gasteiger partial charge in [0.15, 0.2) is 0 Å². The van der Waals surface area contributed by atoms with E-state index in [0.29, 0.717) is 11.6 Å². The van der Waals surface area contributed by atoms with Crippen molar-refractivity contribution in [3.05, 3.63) is 76.8 Å². The summed E-state index contributed by atoms with van der Waals surface area (Å²) in [6.45, 7) is 0.667. The predicted octanol–water partition coefficient (Wildman–Crippen LogP) is 4.10. The highest BCUT2D eigenvalue weighted by Gasteiger charge is 1.98. The maximum atomic E-state index is 11.7. The summed E-state index contributed by atoms with van der Waals surface area (Å²) in [7, 11) is 0. The molecule has 0 atom stereocenters. The number of hydrogen-bond acceptors (Lipinski definition) is 1. The first-order chi connectivity index (χ1) is 10.3. The second-order valence-corrected chi connectivity index (χ2v) is 5.14. The van der Waals surface area contributed by atoms with Crippen LogP contribution in [0.5, 0.6) is 0 Å². The van der Waals surface area contributed by atoms with Gasteiger partial charge < -0.3 is 5.32 Å². The molecule has 2 aromatic carbocycles. The Balaban J connectivity index is 1.72. The Morgan fingerprint density at radius 2 is 1.76 bits per heavy atom. The van der Waals surface area contributed by atoms with Gasteiger partial charge in [-0.25, -0.2) is 0 Å². The number of carbonyl (C=O) groups is 1. The highest BCUT2D eigenvalue weighted by atomic mass is 35.5. The van der Waals surface area contributed by atoms with E-state index in [1.54, 1.807) is 12.1 Å². The molecule has 0 spiro atoms. The average Bonchev–Trinajstić information content (AvgIpc) is 2.52. The summed E-state index contributed by atoms with van der Waals surface area (Å²) in [6.07, 6.45) is 5.14. The normalized spacial score (nSPS) is 10.7. The number of amides is 1. The number of benzene rings is 2. The van der Waals surface area contributed by atoms with E-state index in [1.807, 2.05) is 36.4 Å². The van der Waals surface area contributed by atoms with Crippen molar-refractivity contribution in [3.63, 3.8) is 0 Å². The van der Waals surface area contributed by atoms with Crippen molar-refractivity contribution in [3.8, 4) is 0 Å². The van der Waals surface area contributed by atoms with Crippen molar-refractivity contribution in [1.82, 2.24) is 5.32 Å². The molecule has 0 saturated heterocycles. The Kier molecular flexibility index (Phi) is 6.04. The molecule has 1 amide bonds. The van der Waals surface area contributed by atoms with E-state index in [1.165, 1.54) is 11.6 Å². The number of aryl methyl sites for hydroxylation is 1. The number of nitrogens with one attached hydrogen (secondary N) is 1. The van der Waals surface area contributed by atoms with Gasteiger partial charge in [-0.05, 0) is 36.1 Å². The van der Waals surface area contributed by atoms with Gasteiger partial charge in [0, 0.05) is 17.6 Å². The van der Waals surface area contributed by atoms with Crippen molar-refractivity contribution in [2.45, 2.75) is 12.8 Å². The van der Waals surface area contributed by atoms with Crippen LogP contribution in [-0.2, 0) is 11.2 Å². The van der Waals surface area contributed by atoms with Crippen LogP contribution in [0.4, 0.5) is 0 Å². The van der Waals surface area contributed by atoms with Crippen LogP contribution in [0.1, 0.15) is 17.5 Å². The summed E-state index contributed by atoms with van der Waals surface area (Å²) in [6, 6.07) is 17.7. The fourth-order valence-corrected chi connectivity index (χ4v) is 2.18. The van der Waals surface area contributed by atoms with Crippen molar-refractivity contribution >= 4 is 23.6 Å². The van der Waals surface area contributed by atoms with E-state index in [9.17, 15) is 4.79 Å². The van der Waals surface area contributed by atoms with Crippen molar-refractivity contribution in [2.24, 2.45) is 0 Å². The first-order valence-electron chi connectivity index (χ1n) is 7.00. The molecule has 0 unspecified atom stereocenters. The van der Waals surface area contributed by atoms with Crippen LogP contribution in [0, 0.1) is 0 Å². The molecule has 0 bridgehead atoms. The molecule has 0 aliphatic heterocycles. The molecule has 108 valence electrons. The maximum absolute atomic E-state index is 11.7. The van der Waals surface area contributed by atoms with Gasteiger partial charge in [0.25, 0.3) is 0 Å². The molecule has 0 saturated carbocycles. The van der Waals surface area contributed by atoms with E-state index < -0.39 is 0 Å². The Hall–Kier alpha value is -2.06. The van der Waals surface area contributed by atoms with Gasteiger partial charge in [-0.2, -0.15) is 0 Å². The third kappa shape index (κ3) is 5.44. The SMILES string of the molecule is O=C(/C=C/c1ccccc1Cl)NCCCc1ccccc1. The van der Waals surface area contributed by atoms with Gasteiger partial charge in [0.2, 0.25) is 5.91 Å². The van der Waals surface area contributed by atoms with Gasteiger partial charge in [0.1, 0.15) is 0 Å². The quantitative estimate of drug-likeness (QED) is 0.631. The molecule has 21 heavy (non-hydrogen) atoms. The van der Waals surface area contributed by atoms with Crippen LogP contribution in [0.15, 0.2) is 60.7 Å². The summed E-state index contributed by atoms with van der Waals surface area (Å²) in [5.41, 5.74) is 2.14. The number of carbonyl (C=O) groups excluding carboxylic acids is 1. The molecule has 0 aliphatic rings. The van der Waals surface area contributed by atoms with Gasteiger partial charge in [0.05, 0.1) is 0 Å². The van der Waals surface area contributed by atoms with Gasteiger partial charge in [-0.15, -0.1) is 0 Å². The van der Waals surface area contributed by atoms with E-state index in [0.717, 1.165) is 18.4 Å². The summed E-state index contributed by atoms with van der Waals surface area (Å²) in [5, 5.41) is 3.52. The van der Waals surface area contributed by atoms with Crippen molar-refractivity contribution in [1.29, 1.82) is 0 Å². The lowest BCUT2D eigenvalue weighted by Crippen LogP contribution is -2.22. The van der Waals surface area contributed by atoms with Gasteiger partial charge >= 0.3 is 0 Å². The lowest BCUT2D eigenvalue weighted by atomic mass is 10.1. The standard InChI is InChI=1S/C18H18ClNO/c19-17-11-5-4-10-16(17)12-13-18(21)20-14-6-9-15-7-2-1-3-8-15/h1-5,7-8,10-13H,6,9,14H2,(H,20,21)/b13-12+. The molecule has 0 fully saturated rings. The Morgan fingerprint density at radius 3 is 2.52 bits per heavy atom. The summed E-state index contributed by atoms with van der Waals surface area (Å²) in [5.74, 6) is -0.0945. The minimum absolute atomic E-state index is 0.0945. The Labute approximate surface area is 130 Å². The molecule has 0 radical (unpaired) electrons. The molecule has 2 aromatic rings. The Morgan fingerprint density at radius 1 is 1.05 bits per heavy atom. The fourth-order valence-electron chi connectivity index (χ4n) is 1.98. The van der Waals surface area contributed by atoms with E-state index >= 15 is 0 Å². The van der Waals surface area contributed by atoms with Crippen LogP contribution in [0.25, 0.3) is 6.08 Å². The minimum Gasteiger partial charge on any atom is -0.353 e. The van der Waals surface area contributed by atoms with Crippen LogP contribution in [-0.4, -0.2) is 12.5 Å². The highest BCUT2D eigenvalue weighted by molar-refractivity contribution is 6.32. The maximum Gasteiger partial charge on any atom is 0.244 e. The zero-order valence-electron chi connectivity index (χ0n) is 11.8. The van der Waals surface area contributed by atoms with Crippen molar-refractivity contribution in [2.75, 3.05) is 6.54 Å². The third-order valence-corrected chi connectivity index (χ3v) is 3.45. The van der Waals surface area contributed by atoms with Crippen LogP contribution < -0.4 is 5.32 Å². The largest absolute Gasteiger partial charge is 0.353 e. The fraction of sp³-hybridized carbons (Fsp3) is 0.167. The molecule has 1 N–H and O–H groups in total. The molecular weight excluding hydrogens is 282 g/mol. The summed E-state index contributed by atoms with van der Waals surface area (Å²) < 4.78 is 0. The molecule has 0 aromatic heterocycles. The zero-order chi connectivity index (χ0) is 14.9. The first-order valence-corrected chi connectivity index (χ1v) is 7.38. The summed E-state index contributed by atoms with van der Waals surface area (Å²) in [4.78, 5) is 11.7. The number of rotatable bonds is 6. The number of halogens is 1. The molecule has 3 heteroatoms. The second kappa shape index (κ2) is 8.28. The Bertz CT molecular complexity index is 608. The van der Waals surface area contributed by atoms with E-state index in [4.69, 9.17) is 11.6 Å². The second-order valence-electron chi connectivity index (χ2n) is 4.74. The van der Waals surface area contributed by atoms with Crippen molar-refractivity contribution < 1.29 is 4.79 Å². The average molecular weight is 300 g/mol. The zero-order valence-corrected chi connectivity index (χ0v) is 12.5. The molecule has 0 aliphatic carbocycles. The topological polar surface area (TPSA) is 29.1 Å². The summed E-state index contributed by atoms with van der Waals surface area (Å²) >= 11 is 6.02. The molecule has 0 heterocycles. The van der Waals surface area contributed by atoms with Crippen LogP contribution in [0.2, 0.25) is 5.02 Å². The lowest BCUT2D eigenvalue weighted by molar-refractivity contribution is -0.116. The highest BCUT2D eigenvalue weighted by Crippen LogP contribution is 2.15. The monoisotopic (exact) mass is 299 g/mol. The van der Waals surface area contributed by atoms with E-state index in [2.05, 4.69) is 17.4 Å². The lowest BCUT2D eigenvalue weighted by Gasteiger charge is -2.03. The van der Waals surface area contributed by atoms with Gasteiger partial charge in [-0.1, -0.05) is 60.1 Å². The molecule has 2 rings (SSSR count). The predicted molar refractivity (Wildman–Crippen MR) is 88.3 cm³/mol. The van der Waals surface area contributed by atoms with E-state index in [-0.39, 0.29) is 5.91 Å².